The zero-order valence-corrected chi connectivity index (χ0v) is 14.1. The van der Waals surface area contributed by atoms with Crippen molar-refractivity contribution in [3.63, 3.8) is 0 Å². The molecule has 0 amide bonds. The van der Waals surface area contributed by atoms with Gasteiger partial charge in [-0.25, -0.2) is 4.68 Å². The van der Waals surface area contributed by atoms with Crippen molar-refractivity contribution in [1.29, 1.82) is 0 Å². The highest BCUT2D eigenvalue weighted by molar-refractivity contribution is 9.10. The molecule has 0 saturated heterocycles. The van der Waals surface area contributed by atoms with Gasteiger partial charge in [-0.3, -0.25) is 4.79 Å². The van der Waals surface area contributed by atoms with Gasteiger partial charge < -0.3 is 15.2 Å². The largest absolute Gasteiger partial charge is 0.388 e. The predicted molar refractivity (Wildman–Crippen MR) is 82.1 cm³/mol. The lowest BCUT2D eigenvalue weighted by Gasteiger charge is -2.38. The number of aromatic nitrogens is 2. The molecule has 20 heavy (non-hydrogen) atoms. The molecule has 0 atom stereocenters. The van der Waals surface area contributed by atoms with E-state index in [-0.39, 0.29) is 5.56 Å². The second kappa shape index (κ2) is 6.24. The third-order valence-electron chi connectivity index (χ3n) is 3.47. The highest BCUT2D eigenvalue weighted by Crippen LogP contribution is 2.28. The van der Waals surface area contributed by atoms with Crippen LogP contribution in [0.5, 0.6) is 0 Å². The zero-order chi connectivity index (χ0) is 15.6. The highest BCUT2D eigenvalue weighted by atomic mass is 79.9. The highest BCUT2D eigenvalue weighted by Gasteiger charge is 2.35. The monoisotopic (exact) mass is 347 g/mol. The Kier molecular flexibility index (Phi) is 5.34. The molecule has 6 nitrogen and oxygen atoms in total. The van der Waals surface area contributed by atoms with Crippen molar-refractivity contribution in [1.82, 2.24) is 9.78 Å². The van der Waals surface area contributed by atoms with Gasteiger partial charge >= 0.3 is 0 Å². The van der Waals surface area contributed by atoms with Gasteiger partial charge in [-0.2, -0.15) is 5.10 Å². The summed E-state index contributed by atoms with van der Waals surface area (Å²) in [6.45, 7) is 7.94. The summed E-state index contributed by atoms with van der Waals surface area (Å²) in [5, 5.41) is 17.4. The number of anilines is 1. The normalized spacial score (nSPS) is 12.6. The van der Waals surface area contributed by atoms with E-state index in [4.69, 9.17) is 4.74 Å². The van der Waals surface area contributed by atoms with Gasteiger partial charge in [0.05, 0.1) is 36.2 Å². The summed E-state index contributed by atoms with van der Waals surface area (Å²) >= 11 is 3.28. The summed E-state index contributed by atoms with van der Waals surface area (Å²) in [6, 6.07) is 0. The first-order valence-electron chi connectivity index (χ1n) is 6.35. The Morgan fingerprint density at radius 3 is 2.55 bits per heavy atom. The van der Waals surface area contributed by atoms with Crippen molar-refractivity contribution in [2.45, 2.75) is 45.4 Å². The molecular weight excluding hydrogens is 326 g/mol. The molecular formula is C13H22BrN3O3. The molecule has 0 spiro atoms. The molecule has 0 unspecified atom stereocenters. The Morgan fingerprint density at radius 1 is 1.45 bits per heavy atom. The quantitative estimate of drug-likeness (QED) is 0.817. The van der Waals surface area contributed by atoms with Crippen LogP contribution >= 0.6 is 15.9 Å². The van der Waals surface area contributed by atoms with Crippen LogP contribution in [0, 0.1) is 0 Å². The van der Waals surface area contributed by atoms with E-state index >= 15 is 0 Å². The lowest BCUT2D eigenvalue weighted by atomic mass is 9.86. The molecule has 2 N–H and O–H groups in total. The molecule has 0 aliphatic heterocycles. The number of hydrogen-bond acceptors (Lipinski definition) is 5. The number of aliphatic hydroxyl groups is 1. The SMILES string of the molecule is COCCn1ncc(NC(C)(C)C(C)(C)O)c(Br)c1=O. The zero-order valence-electron chi connectivity index (χ0n) is 12.5. The van der Waals surface area contributed by atoms with Crippen LogP contribution in [-0.4, -0.2) is 39.7 Å². The van der Waals surface area contributed by atoms with Crippen LogP contribution in [0.15, 0.2) is 15.5 Å². The fraction of sp³-hybridized carbons (Fsp3) is 0.692. The fourth-order valence-electron chi connectivity index (χ4n) is 1.38. The van der Waals surface area contributed by atoms with Crippen LogP contribution in [0.4, 0.5) is 5.69 Å². The Labute approximate surface area is 127 Å². The summed E-state index contributed by atoms with van der Waals surface area (Å²) in [4.78, 5) is 12.1. The van der Waals surface area contributed by atoms with Crippen LogP contribution in [0.3, 0.4) is 0 Å². The van der Waals surface area contributed by atoms with E-state index < -0.39 is 11.1 Å². The van der Waals surface area contributed by atoms with Gasteiger partial charge in [0.2, 0.25) is 0 Å². The Morgan fingerprint density at radius 2 is 2.05 bits per heavy atom. The van der Waals surface area contributed by atoms with Gasteiger partial charge in [-0.05, 0) is 43.6 Å². The molecule has 0 aliphatic rings. The van der Waals surface area contributed by atoms with Crippen LogP contribution < -0.4 is 10.9 Å². The minimum absolute atomic E-state index is 0.237. The third kappa shape index (κ3) is 3.80. The molecule has 0 saturated carbocycles. The van der Waals surface area contributed by atoms with Crippen LogP contribution in [0.2, 0.25) is 0 Å². The number of nitrogens with one attached hydrogen (secondary N) is 1. The molecule has 0 fully saturated rings. The summed E-state index contributed by atoms with van der Waals surface area (Å²) in [5.74, 6) is 0. The Bertz CT molecular complexity index is 521. The molecule has 0 radical (unpaired) electrons. The number of methoxy groups -OCH3 is 1. The summed E-state index contributed by atoms with van der Waals surface area (Å²) in [6.07, 6.45) is 1.56. The van der Waals surface area contributed by atoms with Crippen molar-refractivity contribution in [3.8, 4) is 0 Å². The lowest BCUT2D eigenvalue weighted by Crippen LogP contribution is -2.51. The summed E-state index contributed by atoms with van der Waals surface area (Å²) < 4.78 is 6.65. The first-order valence-corrected chi connectivity index (χ1v) is 7.14. The van der Waals surface area contributed by atoms with Gasteiger partial charge in [-0.15, -0.1) is 0 Å². The van der Waals surface area contributed by atoms with Gasteiger partial charge in [0, 0.05) is 7.11 Å². The smallest absolute Gasteiger partial charge is 0.283 e. The molecule has 1 aromatic rings. The molecule has 0 bridgehead atoms. The lowest BCUT2D eigenvalue weighted by molar-refractivity contribution is 0.0240. The van der Waals surface area contributed by atoms with E-state index in [0.29, 0.717) is 23.3 Å². The van der Waals surface area contributed by atoms with E-state index in [9.17, 15) is 9.90 Å². The molecule has 1 aromatic heterocycles. The minimum Gasteiger partial charge on any atom is -0.388 e. The van der Waals surface area contributed by atoms with E-state index in [1.807, 2.05) is 13.8 Å². The van der Waals surface area contributed by atoms with Crippen LogP contribution in [0.1, 0.15) is 27.7 Å². The Balaban J connectivity index is 3.05. The number of halogens is 1. The standard InChI is InChI=1S/C13H22BrN3O3/c1-12(2,13(3,4)19)16-9-8-15-17(6-7-20-5)11(18)10(9)14/h8,16,19H,6-7H2,1-5H3. The molecule has 7 heteroatoms. The predicted octanol–water partition coefficient (Wildman–Crippen LogP) is 1.61. The maximum Gasteiger partial charge on any atom is 0.283 e. The number of rotatable bonds is 6. The fourth-order valence-corrected chi connectivity index (χ4v) is 1.79. The van der Waals surface area contributed by atoms with Gasteiger partial charge in [0.25, 0.3) is 5.56 Å². The van der Waals surface area contributed by atoms with Crippen LogP contribution in [-0.2, 0) is 11.3 Å². The molecule has 1 heterocycles. The van der Waals surface area contributed by atoms with Crippen molar-refractivity contribution in [3.05, 3.63) is 21.0 Å². The maximum absolute atomic E-state index is 12.1. The first kappa shape index (κ1) is 17.1. The van der Waals surface area contributed by atoms with Gasteiger partial charge in [-0.1, -0.05) is 0 Å². The summed E-state index contributed by atoms with van der Waals surface area (Å²) in [5.41, 5.74) is -1.27. The van der Waals surface area contributed by atoms with Gasteiger partial charge in [0.15, 0.2) is 0 Å². The topological polar surface area (TPSA) is 76.4 Å². The van der Waals surface area contributed by atoms with Crippen molar-refractivity contribution < 1.29 is 9.84 Å². The third-order valence-corrected chi connectivity index (χ3v) is 4.24. The van der Waals surface area contributed by atoms with Crippen molar-refractivity contribution in [2.24, 2.45) is 0 Å². The van der Waals surface area contributed by atoms with Crippen molar-refractivity contribution >= 4 is 21.6 Å². The number of ether oxygens (including phenoxy) is 1. The first-order chi connectivity index (χ1) is 9.10. The number of nitrogens with zero attached hydrogens (tertiary/aromatic N) is 2. The average Bonchev–Trinajstić information content (AvgIpc) is 2.32. The van der Waals surface area contributed by atoms with E-state index in [1.54, 1.807) is 27.2 Å². The number of hydrogen-bond donors (Lipinski definition) is 2. The summed E-state index contributed by atoms with van der Waals surface area (Å²) in [7, 11) is 1.57. The van der Waals surface area contributed by atoms with Crippen LogP contribution in [0.25, 0.3) is 0 Å². The van der Waals surface area contributed by atoms with E-state index in [1.165, 1.54) is 4.68 Å². The van der Waals surface area contributed by atoms with E-state index in [0.717, 1.165) is 0 Å². The van der Waals surface area contributed by atoms with E-state index in [2.05, 4.69) is 26.3 Å². The molecule has 114 valence electrons. The maximum atomic E-state index is 12.1. The second-order valence-electron chi connectivity index (χ2n) is 5.70. The second-order valence-corrected chi connectivity index (χ2v) is 6.50. The average molecular weight is 348 g/mol. The minimum atomic E-state index is -0.961. The van der Waals surface area contributed by atoms with Crippen molar-refractivity contribution in [2.75, 3.05) is 19.0 Å². The molecule has 1 rings (SSSR count). The van der Waals surface area contributed by atoms with Gasteiger partial charge in [0.1, 0.15) is 4.47 Å². The Hall–Kier alpha value is -0.920. The molecule has 0 aliphatic carbocycles. The molecule has 0 aromatic carbocycles.